The molecule has 0 unspecified atom stereocenters. The molecular weight excluding hydrogens is 468 g/mol. The second-order valence-corrected chi connectivity index (χ2v) is 7.14. The van der Waals surface area contributed by atoms with Gasteiger partial charge in [0.05, 0.1) is 22.4 Å². The van der Waals surface area contributed by atoms with E-state index in [1.807, 2.05) is 37.4 Å². The molecule has 2 aromatic carbocycles. The molecule has 2 heterocycles. The Morgan fingerprint density at radius 1 is 1.08 bits per heavy atom. The third-order valence-corrected chi connectivity index (χ3v) is 5.23. The van der Waals surface area contributed by atoms with E-state index in [1.54, 1.807) is 11.3 Å². The van der Waals surface area contributed by atoms with Gasteiger partial charge in [0.15, 0.2) is 4.80 Å². The minimum Gasteiger partial charge on any atom is -0.320 e. The third kappa shape index (κ3) is 3.56. The fraction of sp³-hybridized carbons (Fsp3) is 0.0588. The molecular formula is C17H14Br2N4OS. The number of halogens is 2. The zero-order chi connectivity index (χ0) is 16.7. The van der Waals surface area contributed by atoms with Crippen molar-refractivity contribution < 1.29 is 0 Å². The lowest BCUT2D eigenvalue weighted by atomic mass is 10.2. The van der Waals surface area contributed by atoms with E-state index in [1.165, 1.54) is 0 Å². The van der Waals surface area contributed by atoms with E-state index in [9.17, 15) is 4.79 Å². The molecule has 0 radical (unpaired) electrons. The van der Waals surface area contributed by atoms with E-state index < -0.39 is 0 Å². The fourth-order valence-electron chi connectivity index (χ4n) is 2.55. The molecule has 5 nitrogen and oxygen atoms in total. The first-order valence-corrected chi connectivity index (χ1v) is 8.95. The number of hydrogen-bond acceptors (Lipinski definition) is 3. The highest BCUT2D eigenvalue weighted by atomic mass is 79.9. The summed E-state index contributed by atoms with van der Waals surface area (Å²) in [5.41, 5.74) is 4.39. The fourth-order valence-corrected chi connectivity index (χ4v) is 3.74. The maximum atomic E-state index is 11.3. The summed E-state index contributed by atoms with van der Waals surface area (Å²) in [6, 6.07) is 13.8. The summed E-state index contributed by atoms with van der Waals surface area (Å²) in [4.78, 5) is 22.4. The molecule has 128 valence electrons. The van der Waals surface area contributed by atoms with Crippen LogP contribution in [0.2, 0.25) is 0 Å². The second-order valence-electron chi connectivity index (χ2n) is 5.39. The van der Waals surface area contributed by atoms with Crippen LogP contribution in [0, 0.1) is 0 Å². The topological polar surface area (TPSA) is 65.9 Å². The van der Waals surface area contributed by atoms with Gasteiger partial charge < -0.3 is 14.5 Å². The summed E-state index contributed by atoms with van der Waals surface area (Å²) in [7, 11) is 2.00. The Morgan fingerprint density at radius 3 is 2.56 bits per heavy atom. The van der Waals surface area contributed by atoms with Crippen LogP contribution < -0.4 is 10.5 Å². The Morgan fingerprint density at radius 2 is 1.80 bits per heavy atom. The molecule has 0 saturated heterocycles. The predicted octanol–water partition coefficient (Wildman–Crippen LogP) is 4.50. The number of thiazole rings is 1. The van der Waals surface area contributed by atoms with Gasteiger partial charge in [0.25, 0.3) is 0 Å². The van der Waals surface area contributed by atoms with Crippen molar-refractivity contribution in [3.05, 3.63) is 67.6 Å². The highest BCUT2D eigenvalue weighted by Gasteiger charge is 2.05. The molecule has 4 rings (SSSR count). The molecule has 2 aromatic heterocycles. The summed E-state index contributed by atoms with van der Waals surface area (Å²) in [6.45, 7) is 0. The van der Waals surface area contributed by atoms with Crippen LogP contribution in [0.15, 0.2) is 62.1 Å². The zero-order valence-electron chi connectivity index (χ0n) is 13.1. The Kier molecular flexibility index (Phi) is 5.12. The number of hydrogen-bond donors (Lipinski definition) is 2. The van der Waals surface area contributed by atoms with Crippen molar-refractivity contribution in [2.45, 2.75) is 0 Å². The van der Waals surface area contributed by atoms with Crippen LogP contribution in [0.3, 0.4) is 0 Å². The Hall–Kier alpha value is -1.90. The van der Waals surface area contributed by atoms with E-state index in [0.29, 0.717) is 0 Å². The van der Waals surface area contributed by atoms with Crippen LogP contribution in [0.25, 0.3) is 22.3 Å². The molecule has 25 heavy (non-hydrogen) atoms. The minimum absolute atomic E-state index is 0. The molecule has 4 aromatic rings. The van der Waals surface area contributed by atoms with E-state index >= 15 is 0 Å². The number of aromatic amines is 2. The van der Waals surface area contributed by atoms with Crippen molar-refractivity contribution in [2.75, 3.05) is 0 Å². The number of aromatic nitrogens is 3. The van der Waals surface area contributed by atoms with Gasteiger partial charge in [-0.1, -0.05) is 28.1 Å². The van der Waals surface area contributed by atoms with E-state index in [-0.39, 0.29) is 22.7 Å². The SMILES string of the molecule is Br.Cn1c(-c2ccc(Br)cc2)csc1=Nc1ccc2[nH]c(=O)[nH]c2c1. The first-order chi connectivity index (χ1) is 11.6. The van der Waals surface area contributed by atoms with E-state index in [4.69, 9.17) is 4.99 Å². The molecule has 0 atom stereocenters. The maximum absolute atomic E-state index is 11.3. The highest BCUT2D eigenvalue weighted by Crippen LogP contribution is 2.22. The third-order valence-electron chi connectivity index (χ3n) is 3.79. The number of H-pyrrole nitrogens is 2. The van der Waals surface area contributed by atoms with Crippen molar-refractivity contribution in [3.63, 3.8) is 0 Å². The van der Waals surface area contributed by atoms with Crippen LogP contribution in [-0.4, -0.2) is 14.5 Å². The van der Waals surface area contributed by atoms with E-state index in [0.717, 1.165) is 37.3 Å². The first-order valence-electron chi connectivity index (χ1n) is 7.27. The van der Waals surface area contributed by atoms with Crippen LogP contribution in [-0.2, 0) is 7.05 Å². The smallest absolute Gasteiger partial charge is 0.320 e. The average Bonchev–Trinajstić information content (AvgIpc) is 3.11. The summed E-state index contributed by atoms with van der Waals surface area (Å²) >= 11 is 5.04. The normalized spacial score (nSPS) is 11.7. The van der Waals surface area contributed by atoms with Gasteiger partial charge in [0.1, 0.15) is 0 Å². The number of benzene rings is 2. The van der Waals surface area contributed by atoms with Crippen LogP contribution in [0.4, 0.5) is 5.69 Å². The molecule has 0 aliphatic rings. The molecule has 0 spiro atoms. The molecule has 0 amide bonds. The molecule has 0 fully saturated rings. The lowest BCUT2D eigenvalue weighted by molar-refractivity contribution is 0.883. The number of rotatable bonds is 2. The van der Waals surface area contributed by atoms with Gasteiger partial charge in [-0.3, -0.25) is 0 Å². The quantitative estimate of drug-likeness (QED) is 0.435. The van der Waals surface area contributed by atoms with Gasteiger partial charge in [0, 0.05) is 16.9 Å². The zero-order valence-corrected chi connectivity index (χ0v) is 17.2. The summed E-state index contributed by atoms with van der Waals surface area (Å²) in [5, 5.41) is 2.10. The number of nitrogens with zero attached hydrogens (tertiary/aromatic N) is 2. The molecule has 0 aliphatic heterocycles. The largest absolute Gasteiger partial charge is 0.323 e. The summed E-state index contributed by atoms with van der Waals surface area (Å²) in [5.74, 6) is 0. The minimum atomic E-state index is -0.207. The average molecular weight is 482 g/mol. The van der Waals surface area contributed by atoms with Crippen LogP contribution in [0.5, 0.6) is 0 Å². The van der Waals surface area contributed by atoms with Crippen molar-refractivity contribution >= 4 is 61.0 Å². The lowest BCUT2D eigenvalue weighted by Gasteiger charge is -2.03. The monoisotopic (exact) mass is 480 g/mol. The number of nitrogens with one attached hydrogen (secondary N) is 2. The number of fused-ring (bicyclic) bond motifs is 1. The van der Waals surface area contributed by atoms with E-state index in [2.05, 4.69) is 48.0 Å². The summed E-state index contributed by atoms with van der Waals surface area (Å²) in [6.07, 6.45) is 0. The van der Waals surface area contributed by atoms with Crippen molar-refractivity contribution in [1.82, 2.24) is 14.5 Å². The lowest BCUT2D eigenvalue weighted by Crippen LogP contribution is -2.10. The molecule has 8 heteroatoms. The molecule has 0 aliphatic carbocycles. The van der Waals surface area contributed by atoms with Gasteiger partial charge >= 0.3 is 5.69 Å². The predicted molar refractivity (Wildman–Crippen MR) is 111 cm³/mol. The van der Waals surface area contributed by atoms with Crippen molar-refractivity contribution in [1.29, 1.82) is 0 Å². The maximum Gasteiger partial charge on any atom is 0.323 e. The highest BCUT2D eigenvalue weighted by molar-refractivity contribution is 9.10. The number of imidazole rings is 1. The Balaban J connectivity index is 0.00000182. The molecule has 0 saturated carbocycles. The van der Waals surface area contributed by atoms with Gasteiger partial charge in [-0.05, 0) is 35.9 Å². The Bertz CT molecular complexity index is 1150. The summed E-state index contributed by atoms with van der Waals surface area (Å²) < 4.78 is 3.13. The Labute approximate surface area is 166 Å². The van der Waals surface area contributed by atoms with Crippen molar-refractivity contribution in [2.24, 2.45) is 12.0 Å². The molecule has 0 bridgehead atoms. The van der Waals surface area contributed by atoms with Crippen LogP contribution in [0.1, 0.15) is 0 Å². The van der Waals surface area contributed by atoms with Gasteiger partial charge in [0.2, 0.25) is 0 Å². The van der Waals surface area contributed by atoms with Gasteiger partial charge in [-0.2, -0.15) is 0 Å². The molecule has 2 N–H and O–H groups in total. The second kappa shape index (κ2) is 7.15. The van der Waals surface area contributed by atoms with Gasteiger partial charge in [-0.15, -0.1) is 28.3 Å². The standard InChI is InChI=1S/C17H13BrN4OS.BrH/c1-22-15(10-2-4-11(18)5-3-10)9-24-17(22)19-12-6-7-13-14(8-12)21-16(23)20-13;/h2-9H,1H3,(H2,20,21,23);1H. The first kappa shape index (κ1) is 17.9. The van der Waals surface area contributed by atoms with Gasteiger partial charge in [-0.25, -0.2) is 9.79 Å². The van der Waals surface area contributed by atoms with Crippen LogP contribution >= 0.6 is 44.2 Å². The van der Waals surface area contributed by atoms with Crippen molar-refractivity contribution in [3.8, 4) is 11.3 Å².